The van der Waals surface area contributed by atoms with Gasteiger partial charge in [0.15, 0.2) is 0 Å². The van der Waals surface area contributed by atoms with Crippen LogP contribution in [0.15, 0.2) is 48.5 Å². The average Bonchev–Trinajstić information content (AvgIpc) is 3.37. The first-order valence-electron chi connectivity index (χ1n) is 10.7. The van der Waals surface area contributed by atoms with E-state index in [4.69, 9.17) is 4.74 Å². The molecule has 5 heteroatoms. The number of carbonyl (C=O) groups excluding carboxylic acids is 1. The van der Waals surface area contributed by atoms with Gasteiger partial charge in [0.05, 0.1) is 12.6 Å². The lowest BCUT2D eigenvalue weighted by Gasteiger charge is -2.37. The minimum atomic E-state index is -0.270. The Labute approximate surface area is 171 Å². The van der Waals surface area contributed by atoms with Crippen LogP contribution in [-0.2, 0) is 11.2 Å². The van der Waals surface area contributed by atoms with Crippen LogP contribution >= 0.6 is 0 Å². The Morgan fingerprint density at radius 2 is 1.90 bits per heavy atom. The monoisotopic (exact) mass is 394 g/mol. The molecule has 2 saturated heterocycles. The van der Waals surface area contributed by atoms with Crippen LogP contribution in [0.1, 0.15) is 35.6 Å². The van der Waals surface area contributed by atoms with E-state index in [1.807, 2.05) is 12.1 Å². The van der Waals surface area contributed by atoms with Gasteiger partial charge in [-0.05, 0) is 66.5 Å². The van der Waals surface area contributed by atoms with Crippen molar-refractivity contribution in [2.45, 2.75) is 25.3 Å². The maximum absolute atomic E-state index is 13.5. The first-order chi connectivity index (χ1) is 14.2. The number of ether oxygens (including phenoxy) is 1. The van der Waals surface area contributed by atoms with Crippen molar-refractivity contribution in [3.05, 3.63) is 71.0 Å². The topological polar surface area (TPSA) is 32.8 Å². The molecule has 0 N–H and O–H groups in total. The fourth-order valence-electron chi connectivity index (χ4n) is 5.37. The van der Waals surface area contributed by atoms with Gasteiger partial charge in [0, 0.05) is 19.6 Å². The van der Waals surface area contributed by atoms with Gasteiger partial charge in [-0.3, -0.25) is 4.90 Å². The minimum absolute atomic E-state index is 0.235. The second-order valence-corrected chi connectivity index (χ2v) is 8.57. The number of hydrogen-bond donors (Lipinski definition) is 0. The highest BCUT2D eigenvalue weighted by Crippen LogP contribution is 2.37. The van der Waals surface area contributed by atoms with E-state index in [9.17, 15) is 9.18 Å². The van der Waals surface area contributed by atoms with Gasteiger partial charge >= 0.3 is 6.09 Å². The quantitative estimate of drug-likeness (QED) is 0.777. The van der Waals surface area contributed by atoms with Crippen molar-refractivity contribution in [3.8, 4) is 0 Å². The van der Waals surface area contributed by atoms with E-state index in [2.05, 4.69) is 17.0 Å². The molecule has 5 rings (SSSR count). The molecule has 0 spiro atoms. The summed E-state index contributed by atoms with van der Waals surface area (Å²) < 4.78 is 19.2. The fourth-order valence-corrected chi connectivity index (χ4v) is 5.37. The third kappa shape index (κ3) is 3.64. The zero-order valence-electron chi connectivity index (χ0n) is 16.6. The largest absolute Gasteiger partial charge is 0.449 e. The molecule has 0 radical (unpaired) electrons. The van der Waals surface area contributed by atoms with Crippen LogP contribution < -0.4 is 0 Å². The third-order valence-electron chi connectivity index (χ3n) is 6.89. The van der Waals surface area contributed by atoms with Gasteiger partial charge < -0.3 is 9.64 Å². The summed E-state index contributed by atoms with van der Waals surface area (Å²) in [6.07, 6.45) is 2.77. The number of piperidine rings is 1. The second-order valence-electron chi connectivity index (χ2n) is 8.57. The van der Waals surface area contributed by atoms with Crippen LogP contribution in [0, 0.1) is 17.7 Å². The Bertz CT molecular complexity index is 885. The molecule has 2 bridgehead atoms. The Kier molecular flexibility index (Phi) is 5.00. The van der Waals surface area contributed by atoms with Crippen molar-refractivity contribution in [2.75, 3.05) is 32.8 Å². The third-order valence-corrected chi connectivity index (χ3v) is 6.89. The maximum atomic E-state index is 13.5. The summed E-state index contributed by atoms with van der Waals surface area (Å²) in [5, 5.41) is 0. The number of benzene rings is 2. The van der Waals surface area contributed by atoms with Crippen molar-refractivity contribution in [1.29, 1.82) is 0 Å². The van der Waals surface area contributed by atoms with E-state index in [0.29, 0.717) is 19.1 Å². The summed E-state index contributed by atoms with van der Waals surface area (Å²) in [5.41, 5.74) is 3.25. The van der Waals surface area contributed by atoms with Crippen LogP contribution in [0.5, 0.6) is 0 Å². The summed E-state index contributed by atoms with van der Waals surface area (Å²) in [6, 6.07) is 14.4. The molecule has 3 aliphatic heterocycles. The van der Waals surface area contributed by atoms with Gasteiger partial charge in [-0.2, -0.15) is 0 Å². The summed E-state index contributed by atoms with van der Waals surface area (Å²) in [4.78, 5) is 17.3. The van der Waals surface area contributed by atoms with E-state index < -0.39 is 0 Å². The minimum Gasteiger partial charge on any atom is -0.449 e. The molecule has 4 atom stereocenters. The molecule has 29 heavy (non-hydrogen) atoms. The van der Waals surface area contributed by atoms with E-state index in [1.165, 1.54) is 37.2 Å². The second kappa shape index (κ2) is 7.79. The Hall–Kier alpha value is -2.40. The van der Waals surface area contributed by atoms with Crippen LogP contribution in [0.2, 0.25) is 0 Å². The first kappa shape index (κ1) is 18.6. The van der Waals surface area contributed by atoms with Crippen LogP contribution in [0.25, 0.3) is 0 Å². The predicted molar refractivity (Wildman–Crippen MR) is 109 cm³/mol. The van der Waals surface area contributed by atoms with E-state index >= 15 is 0 Å². The molecule has 4 nitrogen and oxygen atoms in total. The molecule has 2 aromatic rings. The van der Waals surface area contributed by atoms with E-state index in [-0.39, 0.29) is 18.0 Å². The maximum Gasteiger partial charge on any atom is 0.410 e. The van der Waals surface area contributed by atoms with Crippen LogP contribution in [0.3, 0.4) is 0 Å². The number of rotatable bonds is 4. The van der Waals surface area contributed by atoms with Crippen LogP contribution in [0.4, 0.5) is 9.18 Å². The molecule has 0 aliphatic carbocycles. The molecular weight excluding hydrogens is 367 g/mol. The summed E-state index contributed by atoms with van der Waals surface area (Å²) in [6.45, 7) is 4.68. The lowest BCUT2D eigenvalue weighted by atomic mass is 9.88. The molecule has 2 fully saturated rings. The van der Waals surface area contributed by atoms with Crippen molar-refractivity contribution >= 4 is 6.09 Å². The molecule has 0 aromatic heterocycles. The predicted octanol–water partition coefficient (Wildman–Crippen LogP) is 4.25. The van der Waals surface area contributed by atoms with E-state index in [0.717, 1.165) is 36.4 Å². The fraction of sp³-hybridized carbons (Fsp3) is 0.458. The highest BCUT2D eigenvalue weighted by atomic mass is 19.1. The zero-order chi connectivity index (χ0) is 19.8. The SMILES string of the molecule is O=C(OCC[C@@H]1CN2CCC1C2)N1CCc2ccccc2[C@@H]1c1ccc(F)cc1. The highest BCUT2D eigenvalue weighted by molar-refractivity contribution is 5.70. The lowest BCUT2D eigenvalue weighted by molar-refractivity contribution is 0.0819. The number of carbonyl (C=O) groups is 1. The molecule has 2 aromatic carbocycles. The molecule has 152 valence electrons. The van der Waals surface area contributed by atoms with E-state index in [1.54, 1.807) is 17.0 Å². The summed E-state index contributed by atoms with van der Waals surface area (Å²) in [7, 11) is 0. The smallest absolute Gasteiger partial charge is 0.410 e. The number of halogens is 1. The molecule has 1 amide bonds. The number of nitrogens with zero attached hydrogens (tertiary/aromatic N) is 2. The molecule has 0 saturated carbocycles. The van der Waals surface area contributed by atoms with Gasteiger partial charge in [-0.25, -0.2) is 9.18 Å². The summed E-state index contributed by atoms with van der Waals surface area (Å²) in [5.74, 6) is 1.17. The van der Waals surface area contributed by atoms with Gasteiger partial charge in [0.2, 0.25) is 0 Å². The molecular formula is C24H27FN2O2. The van der Waals surface area contributed by atoms with Gasteiger partial charge in [-0.15, -0.1) is 0 Å². The molecule has 3 aliphatic rings. The Morgan fingerprint density at radius 3 is 2.66 bits per heavy atom. The van der Waals surface area contributed by atoms with Gasteiger partial charge in [0.25, 0.3) is 0 Å². The number of hydrogen-bond acceptors (Lipinski definition) is 3. The van der Waals surface area contributed by atoms with Crippen molar-refractivity contribution < 1.29 is 13.9 Å². The summed E-state index contributed by atoms with van der Waals surface area (Å²) >= 11 is 0. The average molecular weight is 394 g/mol. The molecule has 2 unspecified atom stereocenters. The Balaban J connectivity index is 1.30. The number of fused-ring (bicyclic) bond motifs is 3. The Morgan fingerprint density at radius 1 is 1.07 bits per heavy atom. The van der Waals surface area contributed by atoms with Crippen LogP contribution in [-0.4, -0.2) is 48.7 Å². The van der Waals surface area contributed by atoms with Crippen molar-refractivity contribution in [2.24, 2.45) is 11.8 Å². The van der Waals surface area contributed by atoms with Crippen molar-refractivity contribution in [3.63, 3.8) is 0 Å². The number of amides is 1. The van der Waals surface area contributed by atoms with Gasteiger partial charge in [-0.1, -0.05) is 36.4 Å². The van der Waals surface area contributed by atoms with Gasteiger partial charge in [0.1, 0.15) is 5.82 Å². The zero-order valence-corrected chi connectivity index (χ0v) is 16.6. The lowest BCUT2D eigenvalue weighted by Crippen LogP contribution is -2.41. The normalized spacial score (nSPS) is 27.7. The molecule has 3 heterocycles. The van der Waals surface area contributed by atoms with Crippen molar-refractivity contribution in [1.82, 2.24) is 9.80 Å². The first-order valence-corrected chi connectivity index (χ1v) is 10.7. The standard InChI is InChI=1S/C24H27FN2O2/c25-21-7-5-18(6-8-21)23-22-4-2-1-3-17(22)10-13-27(23)24(28)29-14-11-20-16-26-12-9-19(20)15-26/h1-8,19-20,23H,9-16H2/t19?,20-,23+/m1/s1. The highest BCUT2D eigenvalue weighted by Gasteiger charge is 2.38.